The van der Waals surface area contributed by atoms with E-state index in [-0.39, 0.29) is 5.41 Å². The van der Waals surface area contributed by atoms with Gasteiger partial charge in [-0.05, 0) is 43.5 Å². The number of hydrogen-bond acceptors (Lipinski definition) is 4. The van der Waals surface area contributed by atoms with E-state index in [1.165, 1.54) is 11.3 Å². The van der Waals surface area contributed by atoms with Gasteiger partial charge in [0.15, 0.2) is 5.82 Å². The van der Waals surface area contributed by atoms with Crippen molar-refractivity contribution in [3.05, 3.63) is 76.9 Å². The second-order valence-electron chi connectivity index (χ2n) is 9.93. The maximum atomic E-state index is 15.5. The minimum absolute atomic E-state index is 0.289. The normalized spacial score (nSPS) is 25.6. The van der Waals surface area contributed by atoms with Crippen molar-refractivity contribution in [3.8, 4) is 5.69 Å². The Kier molecular flexibility index (Phi) is 4.78. The molecule has 0 bridgehead atoms. The number of aromatic nitrogens is 2. The lowest BCUT2D eigenvalue weighted by Gasteiger charge is -2.36. The molecule has 4 heterocycles. The zero-order chi connectivity index (χ0) is 23.7. The lowest BCUT2D eigenvalue weighted by atomic mass is 9.84. The number of allylic oxidation sites excluding steroid dienone is 2. The highest BCUT2D eigenvalue weighted by molar-refractivity contribution is 7.75. The Labute approximate surface area is 201 Å². The van der Waals surface area contributed by atoms with E-state index in [2.05, 4.69) is 54.7 Å². The van der Waals surface area contributed by atoms with E-state index in [1.54, 1.807) is 0 Å². The van der Waals surface area contributed by atoms with Gasteiger partial charge in [-0.1, -0.05) is 50.2 Å². The summed E-state index contributed by atoms with van der Waals surface area (Å²) >= 11 is 0. The van der Waals surface area contributed by atoms with Crippen LogP contribution in [-0.4, -0.2) is 40.8 Å². The van der Waals surface area contributed by atoms with Crippen molar-refractivity contribution in [3.63, 3.8) is 0 Å². The Morgan fingerprint density at radius 3 is 2.35 bits per heavy atom. The van der Waals surface area contributed by atoms with Crippen LogP contribution in [-0.2, 0) is 9.98 Å². The standard InChI is InChI=1S/C27H30N5OP/c1-19-24-26(32(29-19)20-12-6-5-7-13-20)28-18-23(34(24,33)31-16-10-11-17-31)25-27(2,3)21-14-8-9-15-22(21)30(25)4/h5-9,12-15,18H,10-11,16-17H2,1-4H3/b25-23-. The van der Waals surface area contributed by atoms with Crippen LogP contribution in [0.1, 0.15) is 37.9 Å². The van der Waals surface area contributed by atoms with Gasteiger partial charge in [0.25, 0.3) is 0 Å². The van der Waals surface area contributed by atoms with Crippen LogP contribution in [0.25, 0.3) is 5.69 Å². The summed E-state index contributed by atoms with van der Waals surface area (Å²) in [6, 6.07) is 18.5. The SMILES string of the molecule is Cc1nn(-c2ccccc2)c2c1P(=O)(N1CCCC1)/C(=C1\N(C)c3ccccc3C1(C)C)C=N2. The van der Waals surface area contributed by atoms with E-state index in [1.807, 2.05) is 48.2 Å². The molecule has 3 aliphatic heterocycles. The molecular formula is C27H30N5OP. The van der Waals surface area contributed by atoms with Gasteiger partial charge >= 0.3 is 0 Å². The molecule has 0 aliphatic carbocycles. The number of benzene rings is 2. The van der Waals surface area contributed by atoms with Gasteiger partial charge in [-0.15, -0.1) is 0 Å². The highest BCUT2D eigenvalue weighted by Crippen LogP contribution is 2.64. The molecule has 0 N–H and O–H groups in total. The number of fused-ring (bicyclic) bond motifs is 2. The molecule has 0 radical (unpaired) electrons. The average Bonchev–Trinajstić information content (AvgIpc) is 3.54. The predicted molar refractivity (Wildman–Crippen MR) is 139 cm³/mol. The molecule has 1 unspecified atom stereocenters. The van der Waals surface area contributed by atoms with E-state index in [0.717, 1.165) is 53.6 Å². The third kappa shape index (κ3) is 2.82. The Morgan fingerprint density at radius 2 is 1.65 bits per heavy atom. The highest BCUT2D eigenvalue weighted by atomic mass is 31.2. The van der Waals surface area contributed by atoms with Crippen molar-refractivity contribution in [1.82, 2.24) is 14.5 Å². The topological polar surface area (TPSA) is 53.7 Å². The van der Waals surface area contributed by atoms with E-state index in [0.29, 0.717) is 5.82 Å². The summed E-state index contributed by atoms with van der Waals surface area (Å²) in [6.07, 6.45) is 4.00. The lowest BCUT2D eigenvalue weighted by Crippen LogP contribution is -2.33. The van der Waals surface area contributed by atoms with E-state index in [9.17, 15) is 0 Å². The summed E-state index contributed by atoms with van der Waals surface area (Å²) in [5, 5.41) is 6.50. The van der Waals surface area contributed by atoms with Crippen molar-refractivity contribution >= 4 is 30.3 Å². The summed E-state index contributed by atoms with van der Waals surface area (Å²) in [7, 11) is -1.06. The van der Waals surface area contributed by atoms with Gasteiger partial charge < -0.3 is 4.90 Å². The third-order valence-corrected chi connectivity index (χ3v) is 10.8. The first-order chi connectivity index (χ1) is 16.3. The molecule has 1 atom stereocenters. The predicted octanol–water partition coefficient (Wildman–Crippen LogP) is 5.54. The monoisotopic (exact) mass is 471 g/mol. The number of para-hydroxylation sites is 2. The minimum atomic E-state index is -3.15. The van der Waals surface area contributed by atoms with Crippen molar-refractivity contribution in [2.75, 3.05) is 25.0 Å². The van der Waals surface area contributed by atoms with E-state index < -0.39 is 7.29 Å². The first-order valence-electron chi connectivity index (χ1n) is 12.0. The molecule has 34 heavy (non-hydrogen) atoms. The van der Waals surface area contributed by atoms with Gasteiger partial charge in [-0.2, -0.15) is 5.10 Å². The van der Waals surface area contributed by atoms with Crippen LogP contribution in [0.4, 0.5) is 11.5 Å². The fourth-order valence-electron chi connectivity index (χ4n) is 5.98. The fourth-order valence-corrected chi connectivity index (χ4v) is 9.49. The summed E-state index contributed by atoms with van der Waals surface area (Å²) in [5.74, 6) is 0.694. The first kappa shape index (κ1) is 21.6. The van der Waals surface area contributed by atoms with Crippen molar-refractivity contribution in [1.29, 1.82) is 0 Å². The van der Waals surface area contributed by atoms with Gasteiger partial charge in [-0.25, -0.2) is 14.3 Å². The van der Waals surface area contributed by atoms with Crippen molar-refractivity contribution in [2.45, 2.75) is 39.0 Å². The van der Waals surface area contributed by atoms with Gasteiger partial charge in [-0.3, -0.25) is 4.57 Å². The molecule has 6 rings (SSSR count). The second kappa shape index (κ2) is 7.53. The summed E-state index contributed by atoms with van der Waals surface area (Å²) in [4.78, 5) is 7.16. The smallest absolute Gasteiger partial charge is 0.216 e. The number of aliphatic imine (C=N–C) groups is 1. The molecule has 1 saturated heterocycles. The van der Waals surface area contributed by atoms with E-state index in [4.69, 9.17) is 10.1 Å². The fraction of sp³-hybridized carbons (Fsp3) is 0.333. The summed E-state index contributed by atoms with van der Waals surface area (Å²) in [5.41, 5.74) is 4.93. The highest BCUT2D eigenvalue weighted by Gasteiger charge is 2.50. The van der Waals surface area contributed by atoms with Crippen LogP contribution in [0.15, 0.2) is 70.6 Å². The van der Waals surface area contributed by atoms with Gasteiger partial charge in [0.1, 0.15) is 0 Å². The molecule has 1 aromatic heterocycles. The zero-order valence-corrected chi connectivity index (χ0v) is 21.1. The molecule has 3 aliphatic rings. The molecule has 3 aromatic rings. The molecule has 6 nitrogen and oxygen atoms in total. The van der Waals surface area contributed by atoms with Gasteiger partial charge in [0.2, 0.25) is 7.29 Å². The molecular weight excluding hydrogens is 441 g/mol. The summed E-state index contributed by atoms with van der Waals surface area (Å²) < 4.78 is 19.6. The molecule has 7 heteroatoms. The first-order valence-corrected chi connectivity index (χ1v) is 13.6. The van der Waals surface area contributed by atoms with Crippen LogP contribution in [0.3, 0.4) is 0 Å². The van der Waals surface area contributed by atoms with Crippen LogP contribution in [0, 0.1) is 6.92 Å². The molecule has 0 amide bonds. The number of nitrogens with zero attached hydrogens (tertiary/aromatic N) is 5. The number of anilines is 1. The number of rotatable bonds is 2. The van der Waals surface area contributed by atoms with Gasteiger partial charge in [0, 0.05) is 43.2 Å². The molecule has 0 saturated carbocycles. The Hall–Kier alpha value is -2.95. The van der Waals surface area contributed by atoms with Crippen LogP contribution in [0.5, 0.6) is 0 Å². The molecule has 174 valence electrons. The average molecular weight is 472 g/mol. The van der Waals surface area contributed by atoms with Crippen LogP contribution < -0.4 is 10.2 Å². The van der Waals surface area contributed by atoms with Crippen LogP contribution in [0.2, 0.25) is 0 Å². The minimum Gasteiger partial charge on any atom is -0.346 e. The maximum Gasteiger partial charge on any atom is 0.216 e. The quantitative estimate of drug-likeness (QED) is 0.461. The van der Waals surface area contributed by atoms with Crippen molar-refractivity contribution in [2.24, 2.45) is 4.99 Å². The van der Waals surface area contributed by atoms with Gasteiger partial charge in [0.05, 0.1) is 22.0 Å². The van der Waals surface area contributed by atoms with E-state index >= 15 is 4.57 Å². The molecule has 2 aromatic carbocycles. The number of likely N-dealkylation sites (N-methyl/N-ethyl adjacent to an activating group) is 1. The van der Waals surface area contributed by atoms with Crippen molar-refractivity contribution < 1.29 is 4.57 Å². The molecule has 0 spiro atoms. The largest absolute Gasteiger partial charge is 0.346 e. The van der Waals surface area contributed by atoms with Crippen LogP contribution >= 0.6 is 7.29 Å². The Balaban J connectivity index is 1.64. The second-order valence-corrected chi connectivity index (χ2v) is 12.6. The number of aryl methyl sites for hydroxylation is 1. The Bertz CT molecular complexity index is 1400. The maximum absolute atomic E-state index is 15.5. The summed E-state index contributed by atoms with van der Waals surface area (Å²) in [6.45, 7) is 8.09. The lowest BCUT2D eigenvalue weighted by molar-refractivity contribution is 0.488. The number of hydrogen-bond donors (Lipinski definition) is 0. The Morgan fingerprint density at radius 1 is 0.971 bits per heavy atom. The third-order valence-electron chi connectivity index (χ3n) is 7.53. The zero-order valence-electron chi connectivity index (χ0n) is 20.2. The molecule has 1 fully saturated rings.